The van der Waals surface area contributed by atoms with Gasteiger partial charge in [-0.15, -0.1) is 8.58 Å². The second-order valence-electron chi connectivity index (χ2n) is 6.29. The second kappa shape index (κ2) is 23.6. The molecule has 0 amide bonds. The van der Waals surface area contributed by atoms with Crippen molar-refractivity contribution in [3.63, 3.8) is 0 Å². The normalized spacial score (nSPS) is 12.4. The SMILES string of the molecule is CCC(O)CN.CCCCCCCCCCCCCCPC. The van der Waals surface area contributed by atoms with Gasteiger partial charge >= 0.3 is 0 Å². The van der Waals surface area contributed by atoms with E-state index in [1.807, 2.05) is 6.92 Å². The highest BCUT2D eigenvalue weighted by Crippen LogP contribution is 2.13. The molecule has 0 spiro atoms. The molecule has 0 fully saturated rings. The fraction of sp³-hybridized carbons (Fsp3) is 1.00. The number of unbranched alkanes of at least 4 members (excludes halogenated alkanes) is 11. The zero-order valence-electron chi connectivity index (χ0n) is 15.7. The molecule has 0 aliphatic heterocycles. The summed E-state index contributed by atoms with van der Waals surface area (Å²) in [6, 6.07) is 0. The number of hydrogen-bond donors (Lipinski definition) is 2. The molecule has 0 heterocycles. The molecular formula is C19H44NOP. The van der Waals surface area contributed by atoms with Crippen LogP contribution in [-0.2, 0) is 0 Å². The van der Waals surface area contributed by atoms with Gasteiger partial charge in [-0.3, -0.25) is 0 Å². The third kappa shape index (κ3) is 25.3. The van der Waals surface area contributed by atoms with Gasteiger partial charge in [0.2, 0.25) is 0 Å². The van der Waals surface area contributed by atoms with Crippen LogP contribution in [0, 0.1) is 0 Å². The topological polar surface area (TPSA) is 46.2 Å². The Morgan fingerprint density at radius 2 is 1.18 bits per heavy atom. The number of hydrogen-bond acceptors (Lipinski definition) is 2. The number of aliphatic hydroxyl groups excluding tert-OH is 1. The van der Waals surface area contributed by atoms with Crippen molar-refractivity contribution in [1.82, 2.24) is 0 Å². The molecule has 0 aromatic rings. The molecule has 0 aliphatic carbocycles. The Hall–Kier alpha value is 0.350. The smallest absolute Gasteiger partial charge is 0.0659 e. The van der Waals surface area contributed by atoms with Gasteiger partial charge in [0.25, 0.3) is 0 Å². The molecule has 0 rings (SSSR count). The number of rotatable bonds is 15. The van der Waals surface area contributed by atoms with Gasteiger partial charge in [-0.1, -0.05) is 84.5 Å². The first-order chi connectivity index (χ1) is 10.7. The van der Waals surface area contributed by atoms with Gasteiger partial charge in [-0.2, -0.15) is 0 Å². The molecular weight excluding hydrogens is 289 g/mol. The maximum absolute atomic E-state index is 8.54. The van der Waals surface area contributed by atoms with Crippen LogP contribution in [0.2, 0.25) is 0 Å². The molecule has 22 heavy (non-hydrogen) atoms. The highest BCUT2D eigenvalue weighted by atomic mass is 31.1. The van der Waals surface area contributed by atoms with Gasteiger partial charge in [0.15, 0.2) is 0 Å². The monoisotopic (exact) mass is 333 g/mol. The summed E-state index contributed by atoms with van der Waals surface area (Å²) in [4.78, 5) is 0. The molecule has 2 atom stereocenters. The number of aliphatic hydroxyl groups is 1. The summed E-state index contributed by atoms with van der Waals surface area (Å²) in [5, 5.41) is 8.54. The van der Waals surface area contributed by atoms with Crippen molar-refractivity contribution >= 4 is 8.58 Å². The lowest BCUT2D eigenvalue weighted by Crippen LogP contribution is -2.17. The molecule has 0 radical (unpaired) electrons. The lowest BCUT2D eigenvalue weighted by molar-refractivity contribution is 0.179. The van der Waals surface area contributed by atoms with Crippen LogP contribution >= 0.6 is 8.58 Å². The Labute approximate surface area is 142 Å². The van der Waals surface area contributed by atoms with Crippen LogP contribution in [0.3, 0.4) is 0 Å². The van der Waals surface area contributed by atoms with Crippen molar-refractivity contribution < 1.29 is 5.11 Å². The van der Waals surface area contributed by atoms with Crippen molar-refractivity contribution in [2.45, 2.75) is 103 Å². The first kappa shape index (κ1) is 24.6. The molecule has 3 N–H and O–H groups in total. The molecule has 2 nitrogen and oxygen atoms in total. The summed E-state index contributed by atoms with van der Waals surface area (Å²) < 4.78 is 0. The lowest BCUT2D eigenvalue weighted by Gasteiger charge is -2.02. The van der Waals surface area contributed by atoms with Gasteiger partial charge in [-0.25, -0.2) is 0 Å². The summed E-state index contributed by atoms with van der Waals surface area (Å²) in [6.45, 7) is 6.89. The van der Waals surface area contributed by atoms with Crippen molar-refractivity contribution in [3.05, 3.63) is 0 Å². The average molecular weight is 334 g/mol. The van der Waals surface area contributed by atoms with Crippen LogP contribution in [0.4, 0.5) is 0 Å². The highest BCUT2D eigenvalue weighted by Gasteiger charge is 1.93. The predicted molar refractivity (Wildman–Crippen MR) is 106 cm³/mol. The zero-order valence-corrected chi connectivity index (χ0v) is 16.7. The Morgan fingerprint density at radius 1 is 0.773 bits per heavy atom. The third-order valence-electron chi connectivity index (χ3n) is 4.02. The molecule has 136 valence electrons. The summed E-state index contributed by atoms with van der Waals surface area (Å²) in [7, 11) is 1.17. The van der Waals surface area contributed by atoms with Crippen molar-refractivity contribution in [2.24, 2.45) is 5.73 Å². The minimum Gasteiger partial charge on any atom is -0.392 e. The van der Waals surface area contributed by atoms with E-state index in [9.17, 15) is 0 Å². The van der Waals surface area contributed by atoms with Crippen LogP contribution in [-0.4, -0.2) is 30.6 Å². The quantitative estimate of drug-likeness (QED) is 0.298. The van der Waals surface area contributed by atoms with E-state index in [2.05, 4.69) is 13.6 Å². The predicted octanol–water partition coefficient (Wildman–Crippen LogP) is 5.71. The Morgan fingerprint density at radius 3 is 1.45 bits per heavy atom. The second-order valence-corrected chi connectivity index (χ2v) is 7.50. The summed E-state index contributed by atoms with van der Waals surface area (Å²) in [6.07, 6.45) is 19.6. The zero-order chi connectivity index (χ0) is 16.9. The third-order valence-corrected chi connectivity index (χ3v) is 4.88. The molecule has 0 aromatic carbocycles. The lowest BCUT2D eigenvalue weighted by atomic mass is 10.1. The average Bonchev–Trinajstić information content (AvgIpc) is 2.55. The largest absolute Gasteiger partial charge is 0.392 e. The van der Waals surface area contributed by atoms with Crippen LogP contribution in [0.5, 0.6) is 0 Å². The van der Waals surface area contributed by atoms with Crippen LogP contribution in [0.15, 0.2) is 0 Å². The maximum atomic E-state index is 8.54. The minimum atomic E-state index is -0.287. The summed E-state index contributed by atoms with van der Waals surface area (Å²) in [5.41, 5.74) is 5.03. The first-order valence-electron chi connectivity index (χ1n) is 9.75. The maximum Gasteiger partial charge on any atom is 0.0659 e. The van der Waals surface area contributed by atoms with Gasteiger partial charge in [0.05, 0.1) is 6.10 Å². The van der Waals surface area contributed by atoms with Crippen molar-refractivity contribution in [3.8, 4) is 0 Å². The van der Waals surface area contributed by atoms with E-state index in [0.717, 1.165) is 6.42 Å². The molecule has 0 saturated carbocycles. The molecule has 0 bridgehead atoms. The van der Waals surface area contributed by atoms with Crippen molar-refractivity contribution in [2.75, 3.05) is 19.4 Å². The Balaban J connectivity index is 0. The Kier molecular flexibility index (Phi) is 26.4. The van der Waals surface area contributed by atoms with Crippen molar-refractivity contribution in [1.29, 1.82) is 0 Å². The van der Waals surface area contributed by atoms with Gasteiger partial charge in [-0.05, 0) is 25.7 Å². The van der Waals surface area contributed by atoms with E-state index in [1.165, 1.54) is 91.8 Å². The molecule has 3 heteroatoms. The molecule has 2 unspecified atom stereocenters. The fourth-order valence-electron chi connectivity index (χ4n) is 2.31. The minimum absolute atomic E-state index is 0.287. The highest BCUT2D eigenvalue weighted by molar-refractivity contribution is 7.36. The molecule has 0 aromatic heterocycles. The Bertz CT molecular complexity index is 161. The van der Waals surface area contributed by atoms with Crippen LogP contribution in [0.25, 0.3) is 0 Å². The van der Waals surface area contributed by atoms with Gasteiger partial charge in [0.1, 0.15) is 0 Å². The molecule has 0 saturated heterocycles. The summed E-state index contributed by atoms with van der Waals surface area (Å²) >= 11 is 0. The van der Waals surface area contributed by atoms with Gasteiger partial charge in [0, 0.05) is 6.54 Å². The van der Waals surface area contributed by atoms with E-state index < -0.39 is 0 Å². The number of nitrogens with two attached hydrogens (primary N) is 1. The van der Waals surface area contributed by atoms with E-state index in [4.69, 9.17) is 10.8 Å². The van der Waals surface area contributed by atoms with E-state index >= 15 is 0 Å². The summed E-state index contributed by atoms with van der Waals surface area (Å²) in [5.74, 6) is 0. The van der Waals surface area contributed by atoms with E-state index in [-0.39, 0.29) is 6.10 Å². The standard InChI is InChI=1S/C15H33P.C4H11NO/c1-3-4-5-6-7-8-9-10-11-12-13-14-15-16-2;1-2-4(6)3-5/h16H,3-15H2,1-2H3;4,6H,2-3,5H2,1H3. The first-order valence-corrected chi connectivity index (χ1v) is 11.5. The van der Waals surface area contributed by atoms with E-state index in [0.29, 0.717) is 6.54 Å². The van der Waals surface area contributed by atoms with Gasteiger partial charge < -0.3 is 10.8 Å². The van der Waals surface area contributed by atoms with E-state index in [1.54, 1.807) is 0 Å². The molecule has 0 aliphatic rings. The van der Waals surface area contributed by atoms with Crippen LogP contribution in [0.1, 0.15) is 97.3 Å². The fourth-order valence-corrected chi connectivity index (χ4v) is 2.91. The van der Waals surface area contributed by atoms with Crippen LogP contribution < -0.4 is 5.73 Å².